The molecular weight excluding hydrogens is 457 g/mol. The predicted molar refractivity (Wildman–Crippen MR) is 119 cm³/mol. The Morgan fingerprint density at radius 1 is 1.12 bits per heavy atom. The third-order valence-electron chi connectivity index (χ3n) is 4.83. The monoisotopic (exact) mass is 474 g/mol. The maximum atomic E-state index is 13.2. The van der Waals surface area contributed by atoms with Gasteiger partial charge in [-0.1, -0.05) is 11.6 Å². The number of aromatic nitrogens is 3. The first-order valence-corrected chi connectivity index (χ1v) is 10.2. The molecule has 0 saturated carbocycles. The van der Waals surface area contributed by atoms with Crippen molar-refractivity contribution in [3.8, 4) is 11.5 Å². The standard InChI is InChI=1S/C23H18ClF3N4O2/c1-13(32)9-15-10-17(7-8-28-15)33-16-4-6-20-21(12-16)31(2)22(30-20)29-14-3-5-19(24)18(11-14)23(25,26)27/h3-8,10-12H,9H2,1-2H3,(H,29,30). The lowest BCUT2D eigenvalue weighted by atomic mass is 10.2. The van der Waals surface area contributed by atoms with Crippen LogP contribution in [0.3, 0.4) is 0 Å². The van der Waals surface area contributed by atoms with Gasteiger partial charge in [-0.3, -0.25) is 9.78 Å². The molecule has 0 saturated heterocycles. The fourth-order valence-corrected chi connectivity index (χ4v) is 3.53. The molecule has 0 fully saturated rings. The Morgan fingerprint density at radius 2 is 1.88 bits per heavy atom. The van der Waals surface area contributed by atoms with E-state index >= 15 is 0 Å². The maximum Gasteiger partial charge on any atom is 0.417 e. The first-order chi connectivity index (χ1) is 15.6. The molecule has 33 heavy (non-hydrogen) atoms. The molecule has 0 amide bonds. The van der Waals surface area contributed by atoms with Gasteiger partial charge in [0.1, 0.15) is 17.3 Å². The van der Waals surface area contributed by atoms with E-state index in [1.807, 2.05) is 0 Å². The lowest BCUT2D eigenvalue weighted by molar-refractivity contribution is -0.137. The molecule has 170 valence electrons. The number of ether oxygens (including phenoxy) is 1. The SMILES string of the molecule is CC(=O)Cc1cc(Oc2ccc3nc(Nc4ccc(Cl)c(C(F)(F)F)c4)n(C)c3c2)ccn1. The smallest absolute Gasteiger partial charge is 0.417 e. The number of fused-ring (bicyclic) bond motifs is 1. The highest BCUT2D eigenvalue weighted by Gasteiger charge is 2.33. The molecule has 0 unspecified atom stereocenters. The van der Waals surface area contributed by atoms with Crippen LogP contribution in [0, 0.1) is 0 Å². The average molecular weight is 475 g/mol. The molecule has 0 bridgehead atoms. The molecule has 0 radical (unpaired) electrons. The lowest BCUT2D eigenvalue weighted by Crippen LogP contribution is -2.07. The molecule has 2 aromatic carbocycles. The van der Waals surface area contributed by atoms with Gasteiger partial charge in [0.05, 0.1) is 27.3 Å². The molecule has 0 aliphatic heterocycles. The highest BCUT2D eigenvalue weighted by molar-refractivity contribution is 6.31. The lowest BCUT2D eigenvalue weighted by Gasteiger charge is -2.12. The summed E-state index contributed by atoms with van der Waals surface area (Å²) >= 11 is 5.69. The van der Waals surface area contributed by atoms with Crippen molar-refractivity contribution in [3.05, 3.63) is 71.0 Å². The number of ketones is 1. The molecular formula is C23H18ClF3N4O2. The number of imidazole rings is 1. The summed E-state index contributed by atoms with van der Waals surface area (Å²) < 4.78 is 47.1. The van der Waals surface area contributed by atoms with E-state index in [0.29, 0.717) is 34.2 Å². The highest BCUT2D eigenvalue weighted by atomic mass is 35.5. The molecule has 0 aliphatic carbocycles. The van der Waals surface area contributed by atoms with Crippen LogP contribution in [-0.2, 0) is 24.4 Å². The van der Waals surface area contributed by atoms with Crippen molar-refractivity contribution < 1.29 is 22.7 Å². The second kappa shape index (κ2) is 8.74. The van der Waals surface area contributed by atoms with Crippen LogP contribution < -0.4 is 10.1 Å². The van der Waals surface area contributed by atoms with Crippen molar-refractivity contribution in [3.63, 3.8) is 0 Å². The summed E-state index contributed by atoms with van der Waals surface area (Å²) in [5.74, 6) is 1.41. The van der Waals surface area contributed by atoms with E-state index in [-0.39, 0.29) is 22.9 Å². The summed E-state index contributed by atoms with van der Waals surface area (Å²) in [6, 6.07) is 12.2. The third kappa shape index (κ3) is 5.09. The Kier molecular flexibility index (Phi) is 5.99. The van der Waals surface area contributed by atoms with Crippen LogP contribution in [0.25, 0.3) is 11.0 Å². The summed E-state index contributed by atoms with van der Waals surface area (Å²) in [6.45, 7) is 1.49. The number of carbonyl (C=O) groups is 1. The summed E-state index contributed by atoms with van der Waals surface area (Å²) in [7, 11) is 1.74. The Bertz CT molecular complexity index is 1350. The van der Waals surface area contributed by atoms with Crippen molar-refractivity contribution in [1.29, 1.82) is 0 Å². The maximum absolute atomic E-state index is 13.2. The van der Waals surface area contributed by atoms with Crippen LogP contribution >= 0.6 is 11.6 Å². The van der Waals surface area contributed by atoms with E-state index in [1.165, 1.54) is 19.1 Å². The second-order valence-corrected chi connectivity index (χ2v) is 7.83. The third-order valence-corrected chi connectivity index (χ3v) is 5.16. The fraction of sp³-hybridized carbons (Fsp3) is 0.174. The van der Waals surface area contributed by atoms with Gasteiger partial charge in [-0.05, 0) is 43.3 Å². The number of anilines is 2. The molecule has 4 rings (SSSR count). The van der Waals surface area contributed by atoms with Crippen molar-refractivity contribution in [2.24, 2.45) is 7.05 Å². The molecule has 2 aromatic heterocycles. The van der Waals surface area contributed by atoms with E-state index in [0.717, 1.165) is 6.07 Å². The van der Waals surface area contributed by atoms with Gasteiger partial charge in [-0.15, -0.1) is 0 Å². The normalized spacial score (nSPS) is 11.6. The van der Waals surface area contributed by atoms with E-state index < -0.39 is 11.7 Å². The van der Waals surface area contributed by atoms with E-state index in [9.17, 15) is 18.0 Å². The molecule has 6 nitrogen and oxygen atoms in total. The summed E-state index contributed by atoms with van der Waals surface area (Å²) in [6.07, 6.45) is -2.78. The zero-order valence-corrected chi connectivity index (χ0v) is 18.3. The van der Waals surface area contributed by atoms with Gasteiger partial charge in [0.15, 0.2) is 0 Å². The zero-order chi connectivity index (χ0) is 23.8. The number of alkyl halides is 3. The minimum atomic E-state index is -4.56. The minimum Gasteiger partial charge on any atom is -0.457 e. The van der Waals surface area contributed by atoms with Crippen LogP contribution in [0.5, 0.6) is 11.5 Å². The van der Waals surface area contributed by atoms with Crippen LogP contribution in [0.15, 0.2) is 54.7 Å². The number of rotatable bonds is 6. The molecule has 0 spiro atoms. The van der Waals surface area contributed by atoms with Gasteiger partial charge in [0, 0.05) is 37.5 Å². The number of benzene rings is 2. The topological polar surface area (TPSA) is 69.0 Å². The molecule has 1 N–H and O–H groups in total. The van der Waals surface area contributed by atoms with Gasteiger partial charge in [0.2, 0.25) is 5.95 Å². The van der Waals surface area contributed by atoms with Crippen LogP contribution in [0.2, 0.25) is 5.02 Å². The Balaban J connectivity index is 1.60. The summed E-state index contributed by atoms with van der Waals surface area (Å²) in [5, 5.41) is 2.54. The number of hydrogen-bond acceptors (Lipinski definition) is 5. The van der Waals surface area contributed by atoms with Crippen molar-refractivity contribution in [2.45, 2.75) is 19.5 Å². The van der Waals surface area contributed by atoms with Gasteiger partial charge < -0.3 is 14.6 Å². The number of nitrogens with zero attached hydrogens (tertiary/aromatic N) is 3. The number of halogens is 4. The molecule has 4 aromatic rings. The molecule has 0 aliphatic rings. The number of carbonyl (C=O) groups excluding carboxylic acids is 1. The van der Waals surface area contributed by atoms with Crippen LogP contribution in [-0.4, -0.2) is 20.3 Å². The van der Waals surface area contributed by atoms with Gasteiger partial charge in [0.25, 0.3) is 0 Å². The Labute approximate surface area is 192 Å². The Morgan fingerprint density at radius 3 is 2.61 bits per heavy atom. The minimum absolute atomic E-state index is 0.000902. The predicted octanol–water partition coefficient (Wildman–Crippen LogP) is 6.31. The van der Waals surface area contributed by atoms with Gasteiger partial charge in [-0.25, -0.2) is 4.98 Å². The Hall–Kier alpha value is -3.59. The van der Waals surface area contributed by atoms with Crippen LogP contribution in [0.1, 0.15) is 18.2 Å². The summed E-state index contributed by atoms with van der Waals surface area (Å²) in [5.41, 5.74) is 1.22. The molecule has 0 atom stereocenters. The van der Waals surface area contributed by atoms with Crippen LogP contribution in [0.4, 0.5) is 24.8 Å². The number of pyridine rings is 1. The first kappa shape index (κ1) is 22.6. The van der Waals surface area contributed by atoms with Crippen molar-refractivity contribution >= 4 is 40.1 Å². The number of Topliss-reactive ketones (excluding diaryl/α,β-unsaturated/α-hetero) is 1. The second-order valence-electron chi connectivity index (χ2n) is 7.43. The van der Waals surface area contributed by atoms with Gasteiger partial charge >= 0.3 is 6.18 Å². The van der Waals surface area contributed by atoms with E-state index in [4.69, 9.17) is 16.3 Å². The highest BCUT2D eigenvalue weighted by Crippen LogP contribution is 2.37. The van der Waals surface area contributed by atoms with E-state index in [1.54, 1.807) is 48.1 Å². The number of nitrogens with one attached hydrogen (secondary N) is 1. The average Bonchev–Trinajstić information content (AvgIpc) is 3.03. The first-order valence-electron chi connectivity index (χ1n) is 9.82. The molecule has 2 heterocycles. The van der Waals surface area contributed by atoms with E-state index in [2.05, 4.69) is 15.3 Å². The summed E-state index contributed by atoms with van der Waals surface area (Å²) in [4.78, 5) is 19.9. The zero-order valence-electron chi connectivity index (χ0n) is 17.6. The number of aryl methyl sites for hydroxylation is 1. The van der Waals surface area contributed by atoms with Gasteiger partial charge in [-0.2, -0.15) is 13.2 Å². The largest absolute Gasteiger partial charge is 0.457 e. The van der Waals surface area contributed by atoms with Crippen molar-refractivity contribution in [2.75, 3.05) is 5.32 Å². The quantitative estimate of drug-likeness (QED) is 0.355. The fourth-order valence-electron chi connectivity index (χ4n) is 3.30. The number of hydrogen-bond donors (Lipinski definition) is 1. The van der Waals surface area contributed by atoms with Crippen molar-refractivity contribution in [1.82, 2.24) is 14.5 Å². The molecule has 10 heteroatoms.